The van der Waals surface area contributed by atoms with Gasteiger partial charge in [0.1, 0.15) is 5.60 Å². The van der Waals surface area contributed by atoms with E-state index in [2.05, 4.69) is 0 Å². The highest BCUT2D eigenvalue weighted by molar-refractivity contribution is 5.76. The lowest BCUT2D eigenvalue weighted by atomic mass is 9.69. The third-order valence-corrected chi connectivity index (χ3v) is 4.77. The fourth-order valence-corrected chi connectivity index (χ4v) is 3.02. The Kier molecular flexibility index (Phi) is 4.71. The van der Waals surface area contributed by atoms with E-state index >= 15 is 0 Å². The van der Waals surface area contributed by atoms with Gasteiger partial charge in [0.25, 0.3) is 0 Å². The molecule has 1 saturated carbocycles. The zero-order chi connectivity index (χ0) is 14.9. The van der Waals surface area contributed by atoms with Crippen molar-refractivity contribution in [2.24, 2.45) is 11.3 Å². The summed E-state index contributed by atoms with van der Waals surface area (Å²) in [4.78, 5) is 12.3. The summed E-state index contributed by atoms with van der Waals surface area (Å²) >= 11 is 0. The molecule has 0 aliphatic heterocycles. The Morgan fingerprint density at radius 1 is 1.32 bits per heavy atom. The Hall–Kier alpha value is -0.570. The molecule has 2 atom stereocenters. The highest BCUT2D eigenvalue weighted by Crippen LogP contribution is 2.43. The number of ether oxygens (including phenoxy) is 1. The van der Waals surface area contributed by atoms with E-state index in [4.69, 9.17) is 4.74 Å². The second-order valence-electron chi connectivity index (χ2n) is 7.39. The average molecular weight is 270 g/mol. The molecule has 19 heavy (non-hydrogen) atoms. The third kappa shape index (κ3) is 3.71. The van der Waals surface area contributed by atoms with Crippen LogP contribution in [0.4, 0.5) is 0 Å². The van der Waals surface area contributed by atoms with Crippen molar-refractivity contribution in [1.82, 2.24) is 0 Å². The Labute approximate surface area is 117 Å². The zero-order valence-corrected chi connectivity index (χ0v) is 13.4. The second-order valence-corrected chi connectivity index (χ2v) is 7.39. The maximum absolute atomic E-state index is 12.3. The molecule has 1 aliphatic carbocycles. The van der Waals surface area contributed by atoms with Crippen LogP contribution in [0.5, 0.6) is 0 Å². The summed E-state index contributed by atoms with van der Waals surface area (Å²) in [6, 6.07) is 0. The molecule has 0 amide bonds. The van der Waals surface area contributed by atoms with Gasteiger partial charge in [0, 0.05) is 5.92 Å². The molecule has 0 heterocycles. The highest BCUT2D eigenvalue weighted by atomic mass is 16.6. The Bertz CT molecular complexity index is 327. The van der Waals surface area contributed by atoms with Crippen LogP contribution in [0, 0.1) is 11.3 Å². The zero-order valence-electron chi connectivity index (χ0n) is 13.4. The minimum absolute atomic E-state index is 0.00496. The molecule has 1 fully saturated rings. The van der Waals surface area contributed by atoms with Crippen LogP contribution in [0.1, 0.15) is 73.6 Å². The molecule has 112 valence electrons. The third-order valence-electron chi connectivity index (χ3n) is 4.77. The first-order chi connectivity index (χ1) is 8.53. The van der Waals surface area contributed by atoms with Crippen LogP contribution in [0.2, 0.25) is 0 Å². The van der Waals surface area contributed by atoms with Crippen LogP contribution in [-0.2, 0) is 9.53 Å². The van der Waals surface area contributed by atoms with E-state index < -0.39 is 16.6 Å². The van der Waals surface area contributed by atoms with Gasteiger partial charge < -0.3 is 9.84 Å². The van der Waals surface area contributed by atoms with Gasteiger partial charge in [0.2, 0.25) is 0 Å². The molecule has 0 bridgehead atoms. The van der Waals surface area contributed by atoms with Crippen molar-refractivity contribution in [1.29, 1.82) is 0 Å². The summed E-state index contributed by atoms with van der Waals surface area (Å²) in [5.41, 5.74) is -1.81. The highest BCUT2D eigenvalue weighted by Gasteiger charge is 2.48. The lowest BCUT2D eigenvalue weighted by Gasteiger charge is -2.47. The lowest BCUT2D eigenvalue weighted by molar-refractivity contribution is -0.191. The molecule has 1 N–H and O–H groups in total. The standard InChI is InChI=1S/C16H30O3/c1-7-14(2,3)13(17)19-16(6)11-9-8-10-12(16)15(4,5)18/h12,18H,7-11H2,1-6H3. The van der Waals surface area contributed by atoms with Gasteiger partial charge >= 0.3 is 5.97 Å². The first-order valence-electron chi connectivity index (χ1n) is 7.49. The first-order valence-corrected chi connectivity index (χ1v) is 7.49. The molecule has 0 aromatic heterocycles. The van der Waals surface area contributed by atoms with Gasteiger partial charge in [-0.25, -0.2) is 0 Å². The minimum Gasteiger partial charge on any atom is -0.459 e. The summed E-state index contributed by atoms with van der Waals surface area (Å²) in [6.07, 6.45) is 4.67. The van der Waals surface area contributed by atoms with E-state index in [0.717, 1.165) is 32.1 Å². The Morgan fingerprint density at radius 3 is 2.37 bits per heavy atom. The molecule has 1 rings (SSSR count). The van der Waals surface area contributed by atoms with Gasteiger partial charge in [-0.2, -0.15) is 0 Å². The molecular formula is C16H30O3. The van der Waals surface area contributed by atoms with Crippen LogP contribution < -0.4 is 0 Å². The van der Waals surface area contributed by atoms with Crippen molar-refractivity contribution in [3.05, 3.63) is 0 Å². The van der Waals surface area contributed by atoms with Gasteiger partial charge in [-0.05, 0) is 60.3 Å². The lowest BCUT2D eigenvalue weighted by Crippen LogP contribution is -2.52. The maximum atomic E-state index is 12.3. The normalized spacial score (nSPS) is 29.1. The van der Waals surface area contributed by atoms with Gasteiger partial charge in [0.05, 0.1) is 11.0 Å². The van der Waals surface area contributed by atoms with E-state index in [1.165, 1.54) is 0 Å². The quantitative estimate of drug-likeness (QED) is 0.793. The smallest absolute Gasteiger partial charge is 0.312 e. The molecule has 3 nitrogen and oxygen atoms in total. The van der Waals surface area contributed by atoms with Gasteiger partial charge in [-0.15, -0.1) is 0 Å². The molecule has 0 saturated heterocycles. The molecule has 3 heteroatoms. The van der Waals surface area contributed by atoms with Crippen LogP contribution >= 0.6 is 0 Å². The number of carbonyl (C=O) groups excluding carboxylic acids is 1. The molecular weight excluding hydrogens is 240 g/mol. The SMILES string of the molecule is CCC(C)(C)C(=O)OC1(C)CCCCC1C(C)(C)O. The van der Waals surface area contributed by atoms with E-state index in [1.54, 1.807) is 0 Å². The van der Waals surface area contributed by atoms with Crippen molar-refractivity contribution in [2.45, 2.75) is 84.8 Å². The number of hydrogen-bond acceptors (Lipinski definition) is 3. The summed E-state index contributed by atoms with van der Waals surface area (Å²) < 4.78 is 5.87. The molecule has 0 spiro atoms. The summed E-state index contributed by atoms with van der Waals surface area (Å²) in [5, 5.41) is 10.4. The second kappa shape index (κ2) is 5.43. The van der Waals surface area contributed by atoms with Gasteiger partial charge in [-0.1, -0.05) is 13.3 Å². The van der Waals surface area contributed by atoms with E-state index in [0.29, 0.717) is 0 Å². The first kappa shape index (κ1) is 16.5. The number of rotatable bonds is 4. The van der Waals surface area contributed by atoms with Gasteiger partial charge in [-0.3, -0.25) is 4.79 Å². The predicted molar refractivity (Wildman–Crippen MR) is 76.8 cm³/mol. The number of carbonyl (C=O) groups is 1. The largest absolute Gasteiger partial charge is 0.459 e. The molecule has 0 aromatic carbocycles. The fraction of sp³-hybridized carbons (Fsp3) is 0.938. The van der Waals surface area contributed by atoms with E-state index in [9.17, 15) is 9.90 Å². The fourth-order valence-electron chi connectivity index (χ4n) is 3.02. The molecule has 1 aliphatic rings. The average Bonchev–Trinajstić information content (AvgIpc) is 2.27. The van der Waals surface area contributed by atoms with Crippen LogP contribution in [-0.4, -0.2) is 22.3 Å². The molecule has 0 aromatic rings. The number of esters is 1. The molecule has 2 unspecified atom stereocenters. The minimum atomic E-state index is -0.814. The number of hydrogen-bond donors (Lipinski definition) is 1. The van der Waals surface area contributed by atoms with Crippen LogP contribution in [0.15, 0.2) is 0 Å². The topological polar surface area (TPSA) is 46.5 Å². The Morgan fingerprint density at radius 2 is 1.89 bits per heavy atom. The number of aliphatic hydroxyl groups is 1. The van der Waals surface area contributed by atoms with Crippen molar-refractivity contribution < 1.29 is 14.6 Å². The van der Waals surface area contributed by atoms with Crippen LogP contribution in [0.25, 0.3) is 0 Å². The van der Waals surface area contributed by atoms with Crippen molar-refractivity contribution in [2.75, 3.05) is 0 Å². The van der Waals surface area contributed by atoms with Gasteiger partial charge in [0.15, 0.2) is 0 Å². The summed E-state index contributed by atoms with van der Waals surface area (Å²) in [7, 11) is 0. The summed E-state index contributed by atoms with van der Waals surface area (Å²) in [5.74, 6) is -0.140. The monoisotopic (exact) mass is 270 g/mol. The molecule has 0 radical (unpaired) electrons. The van der Waals surface area contributed by atoms with Crippen LogP contribution in [0.3, 0.4) is 0 Å². The van der Waals surface area contributed by atoms with E-state index in [1.807, 2.05) is 41.5 Å². The van der Waals surface area contributed by atoms with Crippen molar-refractivity contribution >= 4 is 5.97 Å². The van der Waals surface area contributed by atoms with Crippen molar-refractivity contribution in [3.63, 3.8) is 0 Å². The summed E-state index contributed by atoms with van der Waals surface area (Å²) in [6.45, 7) is 11.5. The Balaban J connectivity index is 2.91. The predicted octanol–water partition coefficient (Wildman–Crippen LogP) is 3.69. The van der Waals surface area contributed by atoms with E-state index in [-0.39, 0.29) is 11.9 Å². The van der Waals surface area contributed by atoms with Crippen molar-refractivity contribution in [3.8, 4) is 0 Å². The maximum Gasteiger partial charge on any atom is 0.312 e.